The number of carbonyl (C=O) groups is 1. The number of benzene rings is 2. The lowest BCUT2D eigenvalue weighted by Crippen LogP contribution is -2.35. The number of anilines is 1. The second kappa shape index (κ2) is 11.5. The topological polar surface area (TPSA) is 103 Å². The molecule has 2 aromatic carbocycles. The summed E-state index contributed by atoms with van der Waals surface area (Å²) in [6.07, 6.45) is 2.54. The summed E-state index contributed by atoms with van der Waals surface area (Å²) in [5.74, 6) is 0.672. The zero-order valence-corrected chi connectivity index (χ0v) is 24.0. The first-order chi connectivity index (χ1) is 18.1. The molecular formula is C26H30Cl2N4O5S. The van der Waals surface area contributed by atoms with E-state index < -0.39 is 15.9 Å². The van der Waals surface area contributed by atoms with Crippen molar-refractivity contribution in [1.29, 1.82) is 0 Å². The monoisotopic (exact) mass is 580 g/mol. The van der Waals surface area contributed by atoms with E-state index >= 15 is 0 Å². The van der Waals surface area contributed by atoms with Crippen molar-refractivity contribution in [2.24, 2.45) is 0 Å². The van der Waals surface area contributed by atoms with E-state index in [1.54, 1.807) is 25.8 Å². The summed E-state index contributed by atoms with van der Waals surface area (Å²) in [6.45, 7) is 4.89. The number of hydrogen-bond acceptors (Lipinski definition) is 6. The normalized spacial score (nSPS) is 14.4. The lowest BCUT2D eigenvalue weighted by atomic mass is 10.2. The first-order valence-corrected chi connectivity index (χ1v) is 14.3. The number of ether oxygens (including phenoxy) is 2. The van der Waals surface area contributed by atoms with Gasteiger partial charge in [-0.05, 0) is 56.5 Å². The molecule has 0 spiro atoms. The summed E-state index contributed by atoms with van der Waals surface area (Å²) < 4.78 is 40.4. The maximum absolute atomic E-state index is 13.3. The van der Waals surface area contributed by atoms with Gasteiger partial charge in [0, 0.05) is 13.1 Å². The van der Waals surface area contributed by atoms with Crippen molar-refractivity contribution in [3.63, 3.8) is 0 Å². The molecule has 0 bridgehead atoms. The Morgan fingerprint density at radius 1 is 1.00 bits per heavy atom. The van der Waals surface area contributed by atoms with Crippen LogP contribution in [0.3, 0.4) is 0 Å². The van der Waals surface area contributed by atoms with Crippen LogP contribution in [0.25, 0.3) is 0 Å². The summed E-state index contributed by atoms with van der Waals surface area (Å²) in [7, 11) is -0.720. The summed E-state index contributed by atoms with van der Waals surface area (Å²) in [5, 5.41) is 7.47. The van der Waals surface area contributed by atoms with Crippen molar-refractivity contribution in [2.45, 2.75) is 44.6 Å². The van der Waals surface area contributed by atoms with Gasteiger partial charge in [-0.2, -0.15) is 9.40 Å². The summed E-state index contributed by atoms with van der Waals surface area (Å²) in [6, 6.07) is 8.15. The Hall–Kier alpha value is -2.79. The number of carbonyl (C=O) groups excluding carboxylic acids is 1. The number of nitrogens with zero attached hydrogens (tertiary/aromatic N) is 3. The van der Waals surface area contributed by atoms with E-state index in [1.807, 2.05) is 25.1 Å². The number of hydrogen-bond donors (Lipinski definition) is 1. The third kappa shape index (κ3) is 5.63. The fraction of sp³-hybridized carbons (Fsp3) is 0.385. The highest BCUT2D eigenvalue weighted by Gasteiger charge is 2.30. The molecule has 0 saturated carbocycles. The molecule has 1 aromatic heterocycles. The third-order valence-corrected chi connectivity index (χ3v) is 9.28. The van der Waals surface area contributed by atoms with E-state index in [0.717, 1.165) is 30.5 Å². The zero-order valence-electron chi connectivity index (χ0n) is 21.7. The number of nitrogens with one attached hydrogen (secondary N) is 1. The quantitative estimate of drug-likeness (QED) is 0.388. The van der Waals surface area contributed by atoms with E-state index in [4.69, 9.17) is 32.7 Å². The molecular weight excluding hydrogens is 551 g/mol. The Kier molecular flexibility index (Phi) is 8.56. The van der Waals surface area contributed by atoms with Crippen molar-refractivity contribution in [3.8, 4) is 11.5 Å². The fourth-order valence-electron chi connectivity index (χ4n) is 4.51. The molecule has 1 saturated heterocycles. The smallest absolute Gasteiger partial charge is 0.257 e. The minimum Gasteiger partial charge on any atom is -0.493 e. The van der Waals surface area contributed by atoms with Gasteiger partial charge in [-0.3, -0.25) is 9.48 Å². The molecule has 204 valence electrons. The maximum atomic E-state index is 13.3. The number of piperidine rings is 1. The lowest BCUT2D eigenvalue weighted by Gasteiger charge is -2.26. The molecule has 1 fully saturated rings. The number of aromatic nitrogens is 2. The van der Waals surface area contributed by atoms with Gasteiger partial charge in [-0.25, -0.2) is 8.42 Å². The molecule has 1 aliphatic rings. The molecule has 4 rings (SSSR count). The van der Waals surface area contributed by atoms with Crippen molar-refractivity contribution in [3.05, 3.63) is 62.9 Å². The Bertz CT molecular complexity index is 1470. The van der Waals surface area contributed by atoms with E-state index in [1.165, 1.54) is 16.4 Å². The number of rotatable bonds is 8. The van der Waals surface area contributed by atoms with E-state index in [9.17, 15) is 13.2 Å². The number of amides is 1. The average molecular weight is 582 g/mol. The van der Waals surface area contributed by atoms with Gasteiger partial charge in [-0.1, -0.05) is 35.7 Å². The Morgan fingerprint density at radius 2 is 1.68 bits per heavy atom. The first-order valence-electron chi connectivity index (χ1n) is 12.1. The predicted molar refractivity (Wildman–Crippen MR) is 147 cm³/mol. The zero-order chi connectivity index (χ0) is 27.6. The van der Waals surface area contributed by atoms with Crippen LogP contribution in [-0.4, -0.2) is 55.7 Å². The second-order valence-electron chi connectivity index (χ2n) is 9.07. The molecule has 0 unspecified atom stereocenters. The number of halogens is 2. The van der Waals surface area contributed by atoms with Gasteiger partial charge in [0.15, 0.2) is 11.5 Å². The minimum absolute atomic E-state index is 0.0121. The highest BCUT2D eigenvalue weighted by molar-refractivity contribution is 7.89. The summed E-state index contributed by atoms with van der Waals surface area (Å²) in [5.41, 5.74) is 2.78. The van der Waals surface area contributed by atoms with Crippen LogP contribution >= 0.6 is 23.2 Å². The molecule has 38 heavy (non-hydrogen) atoms. The van der Waals surface area contributed by atoms with Gasteiger partial charge in [0.25, 0.3) is 5.91 Å². The molecule has 12 heteroatoms. The molecule has 0 atom stereocenters. The second-order valence-corrected chi connectivity index (χ2v) is 11.8. The SMILES string of the molecule is COc1ccc(Cn2nc(C)c(NC(=O)c3cc(S(=O)(=O)N4CCCCC4)c(Cl)cc3Cl)c2C)cc1OC. The van der Waals surface area contributed by atoms with Gasteiger partial charge in [0.05, 0.1) is 53.4 Å². The van der Waals surface area contributed by atoms with Crippen LogP contribution in [0.5, 0.6) is 11.5 Å². The molecule has 3 aromatic rings. The van der Waals surface area contributed by atoms with E-state index in [-0.39, 0.29) is 20.5 Å². The molecule has 1 N–H and O–H groups in total. The van der Waals surface area contributed by atoms with Crippen LogP contribution in [0.2, 0.25) is 10.0 Å². The molecule has 1 aliphatic heterocycles. The van der Waals surface area contributed by atoms with Crippen molar-refractivity contribution >= 4 is 44.8 Å². The van der Waals surface area contributed by atoms with Crippen LogP contribution in [0, 0.1) is 13.8 Å². The molecule has 9 nitrogen and oxygen atoms in total. The Morgan fingerprint density at radius 3 is 2.34 bits per heavy atom. The predicted octanol–water partition coefficient (Wildman–Crippen LogP) is 5.30. The lowest BCUT2D eigenvalue weighted by molar-refractivity contribution is 0.102. The Balaban J connectivity index is 1.60. The van der Waals surface area contributed by atoms with Gasteiger partial charge in [0.1, 0.15) is 4.90 Å². The van der Waals surface area contributed by atoms with Gasteiger partial charge in [-0.15, -0.1) is 0 Å². The van der Waals surface area contributed by atoms with E-state index in [2.05, 4.69) is 10.4 Å². The van der Waals surface area contributed by atoms with Crippen LogP contribution in [0.4, 0.5) is 5.69 Å². The highest BCUT2D eigenvalue weighted by atomic mass is 35.5. The summed E-state index contributed by atoms with van der Waals surface area (Å²) in [4.78, 5) is 13.2. The molecule has 0 radical (unpaired) electrons. The minimum atomic E-state index is -3.87. The number of aryl methyl sites for hydroxylation is 1. The fourth-order valence-corrected chi connectivity index (χ4v) is 6.86. The summed E-state index contributed by atoms with van der Waals surface area (Å²) >= 11 is 12.6. The number of methoxy groups -OCH3 is 2. The molecule has 1 amide bonds. The standard InChI is InChI=1S/C26H30Cl2N4O5S/c1-16-25(17(2)32(30-16)15-18-8-9-22(36-3)23(12-18)37-4)29-26(33)19-13-24(21(28)14-20(19)27)38(34,35)31-10-6-5-7-11-31/h8-9,12-14H,5-7,10-11,15H2,1-4H3,(H,29,33). The average Bonchev–Trinajstić information content (AvgIpc) is 3.16. The molecule has 2 heterocycles. The van der Waals surface area contributed by atoms with Crippen molar-refractivity contribution < 1.29 is 22.7 Å². The maximum Gasteiger partial charge on any atom is 0.257 e. The first kappa shape index (κ1) is 28.2. The van der Waals surface area contributed by atoms with Crippen LogP contribution in [0.1, 0.15) is 46.6 Å². The Labute approximate surface area is 232 Å². The molecule has 0 aliphatic carbocycles. The largest absolute Gasteiger partial charge is 0.493 e. The van der Waals surface area contributed by atoms with Crippen LogP contribution < -0.4 is 14.8 Å². The van der Waals surface area contributed by atoms with Crippen LogP contribution in [-0.2, 0) is 16.6 Å². The van der Waals surface area contributed by atoms with Gasteiger partial charge in [0.2, 0.25) is 10.0 Å². The van der Waals surface area contributed by atoms with Gasteiger partial charge >= 0.3 is 0 Å². The van der Waals surface area contributed by atoms with Crippen molar-refractivity contribution in [2.75, 3.05) is 32.6 Å². The van der Waals surface area contributed by atoms with E-state index in [0.29, 0.717) is 42.5 Å². The number of sulfonamides is 1. The van der Waals surface area contributed by atoms with Gasteiger partial charge < -0.3 is 14.8 Å². The van der Waals surface area contributed by atoms with Crippen molar-refractivity contribution in [1.82, 2.24) is 14.1 Å². The third-order valence-electron chi connectivity index (χ3n) is 6.60. The highest BCUT2D eigenvalue weighted by Crippen LogP contribution is 2.33. The van der Waals surface area contributed by atoms with Crippen LogP contribution in [0.15, 0.2) is 35.2 Å².